The first-order valence-electron chi connectivity index (χ1n) is 6.51. The summed E-state index contributed by atoms with van der Waals surface area (Å²) < 4.78 is 1.97. The Balaban J connectivity index is 2.33. The average molecular weight is 316 g/mol. The molecule has 0 saturated heterocycles. The van der Waals surface area contributed by atoms with Crippen LogP contribution in [-0.4, -0.2) is 14.5 Å². The van der Waals surface area contributed by atoms with Gasteiger partial charge in [0.2, 0.25) is 0 Å². The number of thiocarbonyl (C=S) groups is 1. The number of rotatable bonds is 2. The molecule has 21 heavy (non-hydrogen) atoms. The number of imidazole rings is 1. The molecule has 2 aromatic carbocycles. The van der Waals surface area contributed by atoms with E-state index in [0.717, 1.165) is 22.3 Å². The molecule has 0 saturated carbocycles. The van der Waals surface area contributed by atoms with Crippen molar-refractivity contribution < 1.29 is 0 Å². The molecule has 3 rings (SSSR count). The fraction of sp³-hybridized carbons (Fsp3) is 0.125. The number of fused-ring (bicyclic) bond motifs is 1. The van der Waals surface area contributed by atoms with Crippen molar-refractivity contribution >= 4 is 39.8 Å². The zero-order valence-electron chi connectivity index (χ0n) is 11.7. The lowest BCUT2D eigenvalue weighted by atomic mass is 10.1. The Morgan fingerprint density at radius 1 is 1.19 bits per heavy atom. The smallest absolute Gasteiger partial charge is 0.106 e. The maximum Gasteiger partial charge on any atom is 0.106 e. The highest BCUT2D eigenvalue weighted by Gasteiger charge is 2.12. The summed E-state index contributed by atoms with van der Waals surface area (Å²) in [5, 5.41) is 0.635. The Labute approximate surface area is 133 Å². The maximum atomic E-state index is 6.13. The Morgan fingerprint density at radius 3 is 2.62 bits per heavy atom. The van der Waals surface area contributed by atoms with Gasteiger partial charge in [0, 0.05) is 10.6 Å². The van der Waals surface area contributed by atoms with Gasteiger partial charge in [0.05, 0.1) is 16.7 Å². The van der Waals surface area contributed by atoms with Crippen LogP contribution in [0.1, 0.15) is 16.7 Å². The van der Waals surface area contributed by atoms with Gasteiger partial charge in [-0.1, -0.05) is 23.8 Å². The summed E-state index contributed by atoms with van der Waals surface area (Å²) in [6, 6.07) is 9.67. The first-order chi connectivity index (χ1) is 9.97. The molecule has 0 atom stereocenters. The zero-order chi connectivity index (χ0) is 15.1. The van der Waals surface area contributed by atoms with E-state index in [2.05, 4.69) is 31.0 Å². The number of benzene rings is 2. The van der Waals surface area contributed by atoms with Gasteiger partial charge in [0.25, 0.3) is 0 Å². The molecule has 0 aliphatic carbocycles. The minimum absolute atomic E-state index is 0.340. The Hall–Kier alpha value is -1.91. The van der Waals surface area contributed by atoms with Gasteiger partial charge < -0.3 is 5.73 Å². The molecule has 0 radical (unpaired) electrons. The number of halogens is 1. The van der Waals surface area contributed by atoms with Gasteiger partial charge in [-0.3, -0.25) is 4.57 Å². The lowest BCUT2D eigenvalue weighted by Crippen LogP contribution is -2.13. The van der Waals surface area contributed by atoms with Gasteiger partial charge in [0.15, 0.2) is 0 Å². The standard InChI is InChI=1S/C16H14ClN3S/c1-9-5-13-15(6-10(9)2)20(8-19-13)14-7-11(17)3-4-12(14)16(18)21/h3-8H,1-2H3,(H2,18,21). The summed E-state index contributed by atoms with van der Waals surface area (Å²) >= 11 is 11.3. The van der Waals surface area contributed by atoms with Crippen molar-refractivity contribution in [2.24, 2.45) is 5.73 Å². The molecule has 0 fully saturated rings. The monoisotopic (exact) mass is 315 g/mol. The van der Waals surface area contributed by atoms with Crippen LogP contribution in [0.5, 0.6) is 0 Å². The normalized spacial score (nSPS) is 11.0. The maximum absolute atomic E-state index is 6.13. The second-order valence-electron chi connectivity index (χ2n) is 5.07. The van der Waals surface area contributed by atoms with Crippen LogP contribution >= 0.6 is 23.8 Å². The third kappa shape index (κ3) is 2.41. The van der Waals surface area contributed by atoms with E-state index < -0.39 is 0 Å². The van der Waals surface area contributed by atoms with Crippen LogP contribution in [0.4, 0.5) is 0 Å². The Bertz CT molecular complexity index is 867. The van der Waals surface area contributed by atoms with Crippen molar-refractivity contribution in [2.45, 2.75) is 13.8 Å². The topological polar surface area (TPSA) is 43.8 Å². The molecule has 106 valence electrons. The van der Waals surface area contributed by atoms with E-state index in [0.29, 0.717) is 10.0 Å². The minimum atomic E-state index is 0.340. The fourth-order valence-electron chi connectivity index (χ4n) is 2.37. The van der Waals surface area contributed by atoms with Gasteiger partial charge in [0.1, 0.15) is 11.3 Å². The quantitative estimate of drug-likeness (QED) is 0.729. The van der Waals surface area contributed by atoms with E-state index in [1.165, 1.54) is 11.1 Å². The first kappa shape index (κ1) is 14.0. The van der Waals surface area contributed by atoms with Crippen LogP contribution in [0.3, 0.4) is 0 Å². The molecular formula is C16H14ClN3S. The number of hydrogen-bond donors (Lipinski definition) is 1. The largest absolute Gasteiger partial charge is 0.389 e. The van der Waals surface area contributed by atoms with Crippen molar-refractivity contribution in [1.29, 1.82) is 0 Å². The number of nitrogens with zero attached hydrogens (tertiary/aromatic N) is 2. The SMILES string of the molecule is Cc1cc2ncn(-c3cc(Cl)ccc3C(N)=S)c2cc1C. The van der Waals surface area contributed by atoms with Crippen molar-refractivity contribution in [3.8, 4) is 5.69 Å². The molecule has 1 heterocycles. The van der Waals surface area contributed by atoms with Gasteiger partial charge in [-0.05, 0) is 55.3 Å². The molecule has 0 aliphatic rings. The summed E-state index contributed by atoms with van der Waals surface area (Å²) in [5.74, 6) is 0. The van der Waals surface area contributed by atoms with Crippen LogP contribution in [-0.2, 0) is 0 Å². The lowest BCUT2D eigenvalue weighted by molar-refractivity contribution is 1.09. The fourth-order valence-corrected chi connectivity index (χ4v) is 2.71. The molecule has 3 nitrogen and oxygen atoms in total. The van der Waals surface area contributed by atoms with Crippen molar-refractivity contribution in [1.82, 2.24) is 9.55 Å². The van der Waals surface area contributed by atoms with Crippen LogP contribution < -0.4 is 5.73 Å². The highest BCUT2D eigenvalue weighted by Crippen LogP contribution is 2.26. The van der Waals surface area contributed by atoms with Crippen molar-refractivity contribution in [3.05, 3.63) is 58.4 Å². The third-order valence-electron chi connectivity index (χ3n) is 3.65. The van der Waals surface area contributed by atoms with E-state index in [9.17, 15) is 0 Å². The molecule has 0 spiro atoms. The molecule has 0 unspecified atom stereocenters. The van der Waals surface area contributed by atoms with E-state index in [4.69, 9.17) is 29.6 Å². The Morgan fingerprint density at radius 2 is 1.90 bits per heavy atom. The third-order valence-corrected chi connectivity index (χ3v) is 4.10. The highest BCUT2D eigenvalue weighted by atomic mass is 35.5. The van der Waals surface area contributed by atoms with Crippen LogP contribution in [0.15, 0.2) is 36.7 Å². The predicted octanol–water partition coefficient (Wildman–Crippen LogP) is 3.93. The molecule has 5 heteroatoms. The lowest BCUT2D eigenvalue weighted by Gasteiger charge is -2.11. The number of nitrogens with two attached hydrogens (primary N) is 1. The number of hydrogen-bond acceptors (Lipinski definition) is 2. The second kappa shape index (κ2) is 5.13. The second-order valence-corrected chi connectivity index (χ2v) is 5.94. The summed E-state index contributed by atoms with van der Waals surface area (Å²) in [7, 11) is 0. The van der Waals surface area contributed by atoms with Crippen molar-refractivity contribution in [3.63, 3.8) is 0 Å². The highest BCUT2D eigenvalue weighted by molar-refractivity contribution is 7.80. The van der Waals surface area contributed by atoms with E-state index in [-0.39, 0.29) is 0 Å². The summed E-state index contributed by atoms with van der Waals surface area (Å²) in [6.07, 6.45) is 1.77. The van der Waals surface area contributed by atoms with Gasteiger partial charge in [-0.2, -0.15) is 0 Å². The molecule has 0 amide bonds. The van der Waals surface area contributed by atoms with E-state index in [1.807, 2.05) is 16.7 Å². The molecule has 0 bridgehead atoms. The van der Waals surface area contributed by atoms with Crippen molar-refractivity contribution in [2.75, 3.05) is 0 Å². The molecular weight excluding hydrogens is 302 g/mol. The molecule has 0 aliphatic heterocycles. The summed E-state index contributed by atoms with van der Waals surface area (Å²) in [6.45, 7) is 4.16. The number of aryl methyl sites for hydroxylation is 2. The molecule has 2 N–H and O–H groups in total. The van der Waals surface area contributed by atoms with Crippen LogP contribution in [0.2, 0.25) is 5.02 Å². The Kier molecular flexibility index (Phi) is 3.43. The average Bonchev–Trinajstić information content (AvgIpc) is 2.81. The van der Waals surface area contributed by atoms with Gasteiger partial charge >= 0.3 is 0 Å². The van der Waals surface area contributed by atoms with Gasteiger partial charge in [-0.15, -0.1) is 0 Å². The minimum Gasteiger partial charge on any atom is -0.389 e. The van der Waals surface area contributed by atoms with Crippen LogP contribution in [0.25, 0.3) is 16.7 Å². The zero-order valence-corrected chi connectivity index (χ0v) is 13.3. The van der Waals surface area contributed by atoms with Gasteiger partial charge in [-0.25, -0.2) is 4.98 Å². The first-order valence-corrected chi connectivity index (χ1v) is 7.30. The molecule has 3 aromatic rings. The van der Waals surface area contributed by atoms with E-state index >= 15 is 0 Å². The van der Waals surface area contributed by atoms with E-state index in [1.54, 1.807) is 12.4 Å². The summed E-state index contributed by atoms with van der Waals surface area (Å²) in [4.78, 5) is 4.80. The van der Waals surface area contributed by atoms with Crippen LogP contribution in [0, 0.1) is 13.8 Å². The molecule has 1 aromatic heterocycles. The predicted molar refractivity (Wildman–Crippen MR) is 91.4 cm³/mol. The number of aromatic nitrogens is 2. The summed E-state index contributed by atoms with van der Waals surface area (Å²) in [5.41, 5.74) is 11.8.